The van der Waals surface area contributed by atoms with Crippen LogP contribution in [0, 0.1) is 0 Å². The minimum absolute atomic E-state index is 0.0155. The van der Waals surface area contributed by atoms with Crippen LogP contribution in [0.1, 0.15) is 13.8 Å². The summed E-state index contributed by atoms with van der Waals surface area (Å²) in [4.78, 5) is 12.8. The average Bonchev–Trinajstić information content (AvgIpc) is 2.44. The summed E-state index contributed by atoms with van der Waals surface area (Å²) in [6.07, 6.45) is -0.360. The van der Waals surface area contributed by atoms with E-state index in [-0.39, 0.29) is 12.2 Å². The van der Waals surface area contributed by atoms with E-state index in [1.54, 1.807) is 0 Å². The van der Waals surface area contributed by atoms with Crippen molar-refractivity contribution in [3.8, 4) is 0 Å². The molecule has 0 atom stereocenters. The predicted molar refractivity (Wildman–Crippen MR) is 77.2 cm³/mol. The fourth-order valence-electron chi connectivity index (χ4n) is 1.45. The normalized spacial score (nSPS) is 10.7. The number of nitrogens with one attached hydrogen (secondary N) is 1. The highest BCUT2D eigenvalue weighted by Crippen LogP contribution is 2.16. The molecule has 1 N–H and O–H groups in total. The Kier molecular flexibility index (Phi) is 8.29. The van der Waals surface area contributed by atoms with Gasteiger partial charge < -0.3 is 14.8 Å². The lowest BCUT2D eigenvalue weighted by molar-refractivity contribution is -0.139. The van der Waals surface area contributed by atoms with Crippen molar-refractivity contribution >= 4 is 17.7 Å². The third-order valence-corrected chi connectivity index (χ3v) is 3.30. The van der Waals surface area contributed by atoms with Gasteiger partial charge in [-0.15, -0.1) is 11.8 Å². The lowest BCUT2D eigenvalue weighted by Crippen LogP contribution is -2.36. The molecular weight excluding hydrogens is 262 g/mol. The van der Waals surface area contributed by atoms with Gasteiger partial charge in [0, 0.05) is 18.1 Å². The van der Waals surface area contributed by atoms with Crippen LogP contribution in [-0.4, -0.2) is 37.7 Å². The summed E-state index contributed by atoms with van der Waals surface area (Å²) < 4.78 is 10.7. The molecule has 0 aliphatic carbocycles. The molecule has 0 saturated heterocycles. The largest absolute Gasteiger partial charge is 0.351 e. The second kappa shape index (κ2) is 9.83. The number of hydrogen-bond acceptors (Lipinski definition) is 4. The van der Waals surface area contributed by atoms with Crippen molar-refractivity contribution < 1.29 is 14.3 Å². The van der Waals surface area contributed by atoms with E-state index in [2.05, 4.69) is 5.32 Å². The van der Waals surface area contributed by atoms with Crippen LogP contribution in [-0.2, 0) is 14.3 Å². The maximum atomic E-state index is 11.7. The van der Waals surface area contributed by atoms with Crippen LogP contribution in [0.5, 0.6) is 0 Å². The summed E-state index contributed by atoms with van der Waals surface area (Å²) in [6.45, 7) is 5.33. The Hall–Kier alpha value is -1.04. The molecular formula is C14H21NO3S. The second-order valence-electron chi connectivity index (χ2n) is 3.75. The number of benzene rings is 1. The molecule has 0 saturated carbocycles. The molecule has 0 bridgehead atoms. The lowest BCUT2D eigenvalue weighted by atomic mass is 10.4. The fraction of sp³-hybridized carbons (Fsp3) is 0.500. The van der Waals surface area contributed by atoms with Crippen molar-refractivity contribution in [2.45, 2.75) is 25.0 Å². The Balaban J connectivity index is 2.23. The van der Waals surface area contributed by atoms with Crippen LogP contribution in [0.25, 0.3) is 0 Å². The van der Waals surface area contributed by atoms with E-state index in [9.17, 15) is 4.79 Å². The molecule has 106 valence electrons. The molecule has 0 fully saturated rings. The topological polar surface area (TPSA) is 47.6 Å². The first-order valence-electron chi connectivity index (χ1n) is 6.44. The van der Waals surface area contributed by atoms with Crippen LogP contribution in [0.4, 0.5) is 0 Å². The van der Waals surface area contributed by atoms with Crippen molar-refractivity contribution in [2.24, 2.45) is 0 Å². The Morgan fingerprint density at radius 1 is 1.21 bits per heavy atom. The van der Waals surface area contributed by atoms with E-state index in [1.165, 1.54) is 11.8 Å². The first kappa shape index (κ1) is 16.0. The third kappa shape index (κ3) is 7.20. The van der Waals surface area contributed by atoms with Crippen LogP contribution in [0.3, 0.4) is 0 Å². The van der Waals surface area contributed by atoms with Crippen molar-refractivity contribution in [2.75, 3.05) is 25.5 Å². The van der Waals surface area contributed by atoms with Gasteiger partial charge in [0.25, 0.3) is 0 Å². The zero-order valence-electron chi connectivity index (χ0n) is 11.4. The quantitative estimate of drug-likeness (QED) is 0.558. The van der Waals surface area contributed by atoms with Crippen LogP contribution < -0.4 is 5.32 Å². The highest BCUT2D eigenvalue weighted by atomic mass is 32.2. The van der Waals surface area contributed by atoms with Gasteiger partial charge >= 0.3 is 0 Å². The zero-order chi connectivity index (χ0) is 13.9. The molecule has 19 heavy (non-hydrogen) atoms. The monoisotopic (exact) mass is 283 g/mol. The molecule has 1 amide bonds. The van der Waals surface area contributed by atoms with Gasteiger partial charge in [-0.1, -0.05) is 18.2 Å². The predicted octanol–water partition coefficient (Wildman–Crippen LogP) is 2.29. The van der Waals surface area contributed by atoms with E-state index in [0.29, 0.717) is 25.5 Å². The maximum absolute atomic E-state index is 11.7. The van der Waals surface area contributed by atoms with Gasteiger partial charge in [-0.05, 0) is 26.0 Å². The van der Waals surface area contributed by atoms with E-state index in [4.69, 9.17) is 9.47 Å². The first-order chi connectivity index (χ1) is 9.26. The number of ether oxygens (including phenoxy) is 2. The van der Waals surface area contributed by atoms with Crippen LogP contribution >= 0.6 is 11.8 Å². The number of amides is 1. The van der Waals surface area contributed by atoms with Crippen LogP contribution in [0.2, 0.25) is 0 Å². The van der Waals surface area contributed by atoms with Crippen molar-refractivity contribution in [1.29, 1.82) is 0 Å². The van der Waals surface area contributed by atoms with Crippen molar-refractivity contribution in [3.63, 3.8) is 0 Å². The Bertz CT molecular complexity index is 353. The molecule has 0 spiro atoms. The zero-order valence-corrected chi connectivity index (χ0v) is 12.2. The molecule has 1 rings (SSSR count). The molecule has 1 aromatic rings. The van der Waals surface area contributed by atoms with E-state index >= 15 is 0 Å². The SMILES string of the molecule is CCOC(CNC(=O)CSc1ccccc1)OCC. The van der Waals surface area contributed by atoms with Gasteiger partial charge in [0.05, 0.1) is 12.3 Å². The summed E-state index contributed by atoms with van der Waals surface area (Å²) in [5.74, 6) is 0.382. The number of thioether (sulfide) groups is 1. The number of hydrogen-bond donors (Lipinski definition) is 1. The third-order valence-electron chi connectivity index (χ3n) is 2.28. The Morgan fingerprint density at radius 2 is 1.84 bits per heavy atom. The highest BCUT2D eigenvalue weighted by Gasteiger charge is 2.10. The average molecular weight is 283 g/mol. The molecule has 0 heterocycles. The highest BCUT2D eigenvalue weighted by molar-refractivity contribution is 8.00. The molecule has 1 aromatic carbocycles. The fourth-order valence-corrected chi connectivity index (χ4v) is 2.20. The van der Waals surface area contributed by atoms with Gasteiger partial charge in [-0.2, -0.15) is 0 Å². The smallest absolute Gasteiger partial charge is 0.230 e. The van der Waals surface area contributed by atoms with Gasteiger partial charge in [-0.25, -0.2) is 0 Å². The summed E-state index contributed by atoms with van der Waals surface area (Å²) >= 11 is 1.51. The molecule has 4 nitrogen and oxygen atoms in total. The minimum Gasteiger partial charge on any atom is -0.351 e. The van der Waals surface area contributed by atoms with Crippen molar-refractivity contribution in [3.05, 3.63) is 30.3 Å². The maximum Gasteiger partial charge on any atom is 0.230 e. The summed E-state index contributed by atoms with van der Waals surface area (Å²) in [7, 11) is 0. The first-order valence-corrected chi connectivity index (χ1v) is 7.42. The van der Waals surface area contributed by atoms with Crippen LogP contribution in [0.15, 0.2) is 35.2 Å². The van der Waals surface area contributed by atoms with E-state index < -0.39 is 0 Å². The number of rotatable bonds is 9. The molecule has 0 unspecified atom stereocenters. The summed E-state index contributed by atoms with van der Waals surface area (Å²) in [5, 5.41) is 2.81. The standard InChI is InChI=1S/C14H21NO3S/c1-3-17-14(18-4-2)10-15-13(16)11-19-12-8-6-5-7-9-12/h5-9,14H,3-4,10-11H2,1-2H3,(H,15,16). The number of carbonyl (C=O) groups excluding carboxylic acids is 1. The summed E-state index contributed by atoms with van der Waals surface area (Å²) in [6, 6.07) is 9.85. The lowest BCUT2D eigenvalue weighted by Gasteiger charge is -2.17. The van der Waals surface area contributed by atoms with Crippen molar-refractivity contribution in [1.82, 2.24) is 5.32 Å². The molecule has 0 aliphatic heterocycles. The summed E-state index contributed by atoms with van der Waals surface area (Å²) in [5.41, 5.74) is 0. The molecule has 0 radical (unpaired) electrons. The molecule has 5 heteroatoms. The second-order valence-corrected chi connectivity index (χ2v) is 4.79. The molecule has 0 aliphatic rings. The van der Waals surface area contributed by atoms with Gasteiger partial charge in [0.2, 0.25) is 5.91 Å². The van der Waals surface area contributed by atoms with Gasteiger partial charge in [-0.3, -0.25) is 4.79 Å². The Morgan fingerprint density at radius 3 is 2.42 bits per heavy atom. The van der Waals surface area contributed by atoms with Gasteiger partial charge in [0.15, 0.2) is 6.29 Å². The molecule has 0 aromatic heterocycles. The Labute approximate surface area is 118 Å². The van der Waals surface area contributed by atoms with Gasteiger partial charge in [0.1, 0.15) is 0 Å². The minimum atomic E-state index is -0.360. The van der Waals surface area contributed by atoms with E-state index in [1.807, 2.05) is 44.2 Å². The number of carbonyl (C=O) groups is 1. The van der Waals surface area contributed by atoms with E-state index in [0.717, 1.165) is 4.90 Å².